The van der Waals surface area contributed by atoms with Crippen LogP contribution < -0.4 is 10.6 Å². The lowest BCUT2D eigenvalue weighted by Gasteiger charge is -2.07. The molecule has 0 atom stereocenters. The lowest BCUT2D eigenvalue weighted by atomic mass is 10.3. The van der Waals surface area contributed by atoms with Crippen LogP contribution in [0.5, 0.6) is 0 Å². The van der Waals surface area contributed by atoms with E-state index in [4.69, 9.17) is 10.8 Å². The second kappa shape index (κ2) is 7.66. The first-order chi connectivity index (χ1) is 11.8. The highest BCUT2D eigenvalue weighted by molar-refractivity contribution is 7.21. The maximum absolute atomic E-state index is 5.88. The number of guanidine groups is 1. The number of nitrogens with one attached hydrogen (secondary N) is 2. The molecule has 122 valence electrons. The molecule has 2 heterocycles. The summed E-state index contributed by atoms with van der Waals surface area (Å²) in [6.07, 6.45) is 5.26. The zero-order valence-corrected chi connectivity index (χ0v) is 14.2. The second-order valence-electron chi connectivity index (χ2n) is 5.01. The van der Waals surface area contributed by atoms with Crippen molar-refractivity contribution in [3.8, 4) is 23.1 Å². The largest absolute Gasteiger partial charge is 0.457 e. The summed E-state index contributed by atoms with van der Waals surface area (Å²) in [5.74, 6) is 4.75. The number of thiazole rings is 1. The summed E-state index contributed by atoms with van der Waals surface area (Å²) in [5.41, 5.74) is 0.987. The molecule has 0 spiro atoms. The maximum Gasteiger partial charge on any atom is 0.192 e. The van der Waals surface area contributed by atoms with Gasteiger partial charge in [-0.05, 0) is 31.2 Å². The lowest BCUT2D eigenvalue weighted by molar-refractivity contribution is 0.524. The number of nitrogens with zero attached hydrogens (tertiary/aromatic N) is 2. The number of terminal acetylenes is 1. The SMILES string of the molecule is C#CCNC(=NCc1ccc(-c2nc3ccccc3s2)o1)NCC. The van der Waals surface area contributed by atoms with Gasteiger partial charge in [0.15, 0.2) is 16.7 Å². The molecule has 6 heteroatoms. The highest BCUT2D eigenvalue weighted by atomic mass is 32.1. The van der Waals surface area contributed by atoms with Crippen LogP contribution in [0.4, 0.5) is 0 Å². The van der Waals surface area contributed by atoms with Gasteiger partial charge < -0.3 is 15.1 Å². The molecule has 0 fully saturated rings. The molecule has 0 saturated heterocycles. The third-order valence-corrected chi connectivity index (χ3v) is 4.31. The van der Waals surface area contributed by atoms with Gasteiger partial charge in [0.25, 0.3) is 0 Å². The molecule has 24 heavy (non-hydrogen) atoms. The van der Waals surface area contributed by atoms with E-state index in [0.717, 1.165) is 33.3 Å². The van der Waals surface area contributed by atoms with E-state index < -0.39 is 0 Å². The Kier molecular flexibility index (Phi) is 5.14. The molecular formula is C18H18N4OS. The van der Waals surface area contributed by atoms with Gasteiger partial charge >= 0.3 is 0 Å². The Hall–Kier alpha value is -2.78. The number of rotatable bonds is 5. The molecule has 0 unspecified atom stereocenters. The average Bonchev–Trinajstić information content (AvgIpc) is 3.23. The summed E-state index contributed by atoms with van der Waals surface area (Å²) in [5, 5.41) is 7.06. The van der Waals surface area contributed by atoms with Gasteiger partial charge in [-0.15, -0.1) is 17.8 Å². The fourth-order valence-corrected chi connectivity index (χ4v) is 3.12. The van der Waals surface area contributed by atoms with Crippen LogP contribution in [-0.4, -0.2) is 24.0 Å². The standard InChI is InChI=1S/C18H18N4OS/c1-3-11-20-18(19-4-2)21-12-13-9-10-15(23-13)17-22-14-7-5-6-8-16(14)24-17/h1,5-10H,4,11-12H2,2H3,(H2,19,20,21). The van der Waals surface area contributed by atoms with E-state index in [0.29, 0.717) is 19.0 Å². The zero-order valence-electron chi connectivity index (χ0n) is 13.4. The van der Waals surface area contributed by atoms with E-state index in [1.807, 2.05) is 37.3 Å². The quantitative estimate of drug-likeness (QED) is 0.426. The van der Waals surface area contributed by atoms with Gasteiger partial charge in [0, 0.05) is 6.54 Å². The van der Waals surface area contributed by atoms with Crippen LogP contribution in [0, 0.1) is 12.3 Å². The first-order valence-corrected chi connectivity index (χ1v) is 8.52. The predicted octanol–water partition coefficient (Wildman–Crippen LogP) is 3.24. The van der Waals surface area contributed by atoms with Crippen LogP contribution in [0.2, 0.25) is 0 Å². The third-order valence-electron chi connectivity index (χ3n) is 3.26. The van der Waals surface area contributed by atoms with E-state index in [1.165, 1.54) is 0 Å². The summed E-state index contributed by atoms with van der Waals surface area (Å²) in [6.45, 7) is 3.64. The molecule has 1 aromatic carbocycles. The molecular weight excluding hydrogens is 320 g/mol. The molecule has 0 saturated carbocycles. The number of fused-ring (bicyclic) bond motifs is 1. The minimum absolute atomic E-state index is 0.431. The molecule has 0 radical (unpaired) electrons. The van der Waals surface area contributed by atoms with Gasteiger partial charge in [0.1, 0.15) is 12.3 Å². The van der Waals surface area contributed by atoms with Crippen molar-refractivity contribution in [2.24, 2.45) is 4.99 Å². The Bertz CT molecular complexity index is 855. The van der Waals surface area contributed by atoms with Crippen molar-refractivity contribution in [3.63, 3.8) is 0 Å². The Morgan fingerprint density at radius 2 is 2.17 bits per heavy atom. The lowest BCUT2D eigenvalue weighted by Crippen LogP contribution is -2.37. The number of para-hydroxylation sites is 1. The highest BCUT2D eigenvalue weighted by Crippen LogP contribution is 2.31. The molecule has 2 aromatic heterocycles. The maximum atomic E-state index is 5.88. The van der Waals surface area contributed by atoms with Crippen molar-refractivity contribution in [2.45, 2.75) is 13.5 Å². The van der Waals surface area contributed by atoms with E-state index in [9.17, 15) is 0 Å². The van der Waals surface area contributed by atoms with E-state index in [1.54, 1.807) is 11.3 Å². The summed E-state index contributed by atoms with van der Waals surface area (Å²) in [7, 11) is 0. The topological polar surface area (TPSA) is 62.5 Å². The summed E-state index contributed by atoms with van der Waals surface area (Å²) < 4.78 is 7.03. The van der Waals surface area contributed by atoms with Gasteiger partial charge in [-0.3, -0.25) is 0 Å². The van der Waals surface area contributed by atoms with Crippen LogP contribution in [0.25, 0.3) is 21.0 Å². The van der Waals surface area contributed by atoms with Gasteiger partial charge in [-0.2, -0.15) is 0 Å². The Morgan fingerprint density at radius 1 is 1.29 bits per heavy atom. The van der Waals surface area contributed by atoms with Crippen molar-refractivity contribution in [2.75, 3.05) is 13.1 Å². The van der Waals surface area contributed by atoms with E-state index in [2.05, 4.69) is 32.6 Å². The van der Waals surface area contributed by atoms with Gasteiger partial charge in [0.05, 0.1) is 16.8 Å². The molecule has 2 N–H and O–H groups in total. The molecule has 0 bridgehead atoms. The monoisotopic (exact) mass is 338 g/mol. The fraction of sp³-hybridized carbons (Fsp3) is 0.222. The fourth-order valence-electron chi connectivity index (χ4n) is 2.19. The highest BCUT2D eigenvalue weighted by Gasteiger charge is 2.10. The number of hydrogen-bond acceptors (Lipinski definition) is 4. The van der Waals surface area contributed by atoms with Crippen molar-refractivity contribution in [1.82, 2.24) is 15.6 Å². The zero-order chi connectivity index (χ0) is 16.8. The van der Waals surface area contributed by atoms with Crippen LogP contribution in [-0.2, 0) is 6.54 Å². The van der Waals surface area contributed by atoms with Crippen molar-refractivity contribution in [1.29, 1.82) is 0 Å². The number of furan rings is 1. The van der Waals surface area contributed by atoms with Gasteiger partial charge in [-0.25, -0.2) is 9.98 Å². The third kappa shape index (κ3) is 3.76. The van der Waals surface area contributed by atoms with Gasteiger partial charge in [-0.1, -0.05) is 18.1 Å². The number of aliphatic imine (C=N–C) groups is 1. The molecule has 0 amide bonds. The van der Waals surface area contributed by atoms with Crippen LogP contribution in [0.1, 0.15) is 12.7 Å². The summed E-state index contributed by atoms with van der Waals surface area (Å²) in [6, 6.07) is 11.9. The van der Waals surface area contributed by atoms with Gasteiger partial charge in [0.2, 0.25) is 0 Å². The molecule has 3 aromatic rings. The minimum atomic E-state index is 0.431. The summed E-state index contributed by atoms with van der Waals surface area (Å²) >= 11 is 1.62. The minimum Gasteiger partial charge on any atom is -0.457 e. The Labute approximate surface area is 144 Å². The first-order valence-electron chi connectivity index (χ1n) is 7.70. The van der Waals surface area contributed by atoms with Crippen molar-refractivity contribution < 1.29 is 4.42 Å². The molecule has 0 aliphatic rings. The average molecular weight is 338 g/mol. The molecule has 0 aliphatic heterocycles. The number of aromatic nitrogens is 1. The first kappa shape index (κ1) is 16.1. The van der Waals surface area contributed by atoms with Crippen LogP contribution in [0.3, 0.4) is 0 Å². The molecule has 5 nitrogen and oxygen atoms in total. The van der Waals surface area contributed by atoms with E-state index in [-0.39, 0.29) is 0 Å². The second-order valence-corrected chi connectivity index (χ2v) is 6.04. The van der Waals surface area contributed by atoms with Crippen LogP contribution >= 0.6 is 11.3 Å². The number of benzene rings is 1. The molecule has 0 aliphatic carbocycles. The smallest absolute Gasteiger partial charge is 0.192 e. The normalized spacial score (nSPS) is 11.4. The number of hydrogen-bond donors (Lipinski definition) is 2. The Balaban J connectivity index is 1.74. The van der Waals surface area contributed by atoms with Crippen molar-refractivity contribution >= 4 is 27.5 Å². The van der Waals surface area contributed by atoms with Crippen LogP contribution in [0.15, 0.2) is 45.8 Å². The van der Waals surface area contributed by atoms with E-state index >= 15 is 0 Å². The molecule has 3 rings (SSSR count). The van der Waals surface area contributed by atoms with Crippen molar-refractivity contribution in [3.05, 3.63) is 42.2 Å². The Morgan fingerprint density at radius 3 is 2.96 bits per heavy atom. The summed E-state index contributed by atoms with van der Waals surface area (Å²) in [4.78, 5) is 9.06. The predicted molar refractivity (Wildman–Crippen MR) is 99.0 cm³/mol.